The zero-order chi connectivity index (χ0) is 19.3. The summed E-state index contributed by atoms with van der Waals surface area (Å²) < 4.78 is 6.96. The van der Waals surface area contributed by atoms with Gasteiger partial charge in [-0.3, -0.25) is 0 Å². The van der Waals surface area contributed by atoms with Gasteiger partial charge in [0.2, 0.25) is 0 Å². The topological polar surface area (TPSA) is 21.3 Å². The molecule has 0 bridgehead atoms. The van der Waals surface area contributed by atoms with Crippen LogP contribution in [0, 0.1) is 35.5 Å². The molecule has 1 saturated heterocycles. The van der Waals surface area contributed by atoms with Gasteiger partial charge in [0.05, 0.1) is 11.7 Å². The van der Waals surface area contributed by atoms with Gasteiger partial charge >= 0.3 is 0 Å². The number of likely N-dealkylation sites (N-methyl/N-ethyl adjacent to an activating group) is 1. The summed E-state index contributed by atoms with van der Waals surface area (Å²) in [5, 5.41) is 3.63. The fraction of sp³-hybridized carbons (Fsp3) is 0.923. The van der Waals surface area contributed by atoms with Crippen LogP contribution in [0.4, 0.5) is 0 Å². The van der Waals surface area contributed by atoms with E-state index < -0.39 is 0 Å². The van der Waals surface area contributed by atoms with Crippen LogP contribution in [0.3, 0.4) is 0 Å². The molecule has 4 fully saturated rings. The van der Waals surface area contributed by atoms with E-state index in [1.54, 1.807) is 0 Å². The van der Waals surface area contributed by atoms with E-state index in [9.17, 15) is 0 Å². The molecule has 2 nitrogen and oxygen atoms in total. The number of allylic oxidation sites excluding steroid dienone is 2. The van der Waals surface area contributed by atoms with Crippen molar-refractivity contribution < 1.29 is 4.74 Å². The first kappa shape index (κ1) is 19.6. The molecule has 0 aromatic rings. The number of hydrogen-bond acceptors (Lipinski definition) is 2. The summed E-state index contributed by atoms with van der Waals surface area (Å²) >= 11 is 0. The van der Waals surface area contributed by atoms with Crippen molar-refractivity contribution in [2.45, 2.75) is 109 Å². The molecule has 1 N–H and O–H groups in total. The molecule has 0 amide bonds. The van der Waals surface area contributed by atoms with Crippen molar-refractivity contribution in [3.05, 3.63) is 11.6 Å². The smallest absolute Gasteiger partial charge is 0.0739 e. The lowest BCUT2D eigenvalue weighted by Crippen LogP contribution is -2.39. The minimum atomic E-state index is 0.198. The fourth-order valence-electron chi connectivity index (χ4n) is 8.31. The number of fused-ring (bicyclic) bond motifs is 5. The molecule has 9 unspecified atom stereocenters. The Kier molecular flexibility index (Phi) is 5.41. The van der Waals surface area contributed by atoms with Crippen LogP contribution in [0.25, 0.3) is 0 Å². The molecule has 28 heavy (non-hydrogen) atoms. The number of rotatable bonds is 4. The Morgan fingerprint density at radius 2 is 2.07 bits per heavy atom. The van der Waals surface area contributed by atoms with Crippen molar-refractivity contribution in [1.82, 2.24) is 5.32 Å². The van der Waals surface area contributed by atoms with Gasteiger partial charge in [-0.1, -0.05) is 38.3 Å². The molecule has 2 heteroatoms. The Bertz CT molecular complexity index is 599. The Balaban J connectivity index is 1.29. The summed E-state index contributed by atoms with van der Waals surface area (Å²) in [5.41, 5.74) is 2.06. The summed E-state index contributed by atoms with van der Waals surface area (Å²) in [7, 11) is 2.16. The molecular weight excluding hydrogens is 342 g/mol. The van der Waals surface area contributed by atoms with Crippen molar-refractivity contribution in [3.63, 3.8) is 0 Å². The van der Waals surface area contributed by atoms with Crippen LogP contribution in [0.2, 0.25) is 0 Å². The average Bonchev–Trinajstić information content (AvgIpc) is 3.25. The number of ether oxygens (including phenoxy) is 1. The minimum Gasteiger partial charge on any atom is -0.370 e. The maximum absolute atomic E-state index is 6.96. The molecule has 3 saturated carbocycles. The van der Waals surface area contributed by atoms with Crippen LogP contribution in [0.1, 0.15) is 90.9 Å². The highest BCUT2D eigenvalue weighted by Gasteiger charge is 2.56. The van der Waals surface area contributed by atoms with E-state index in [1.807, 2.05) is 5.57 Å². The Morgan fingerprint density at radius 3 is 2.89 bits per heavy atom. The van der Waals surface area contributed by atoms with E-state index in [4.69, 9.17) is 4.74 Å². The largest absolute Gasteiger partial charge is 0.370 e. The van der Waals surface area contributed by atoms with Gasteiger partial charge in [-0.25, -0.2) is 0 Å². The van der Waals surface area contributed by atoms with Crippen molar-refractivity contribution in [1.29, 1.82) is 0 Å². The summed E-state index contributed by atoms with van der Waals surface area (Å²) in [6.07, 6.45) is 19.8. The molecule has 9 atom stereocenters. The van der Waals surface area contributed by atoms with Gasteiger partial charge in [0.1, 0.15) is 0 Å². The van der Waals surface area contributed by atoms with Gasteiger partial charge in [0, 0.05) is 6.04 Å². The molecule has 5 aliphatic rings. The molecule has 5 rings (SSSR count). The molecule has 0 radical (unpaired) electrons. The maximum Gasteiger partial charge on any atom is 0.0739 e. The first-order valence-electron chi connectivity index (χ1n) is 12.7. The van der Waals surface area contributed by atoms with Crippen LogP contribution in [0.15, 0.2) is 11.6 Å². The molecule has 1 spiro atoms. The number of hydrogen-bond donors (Lipinski definition) is 1. The Morgan fingerprint density at radius 1 is 1.18 bits per heavy atom. The van der Waals surface area contributed by atoms with Crippen molar-refractivity contribution in [2.24, 2.45) is 35.5 Å². The summed E-state index contributed by atoms with van der Waals surface area (Å²) in [4.78, 5) is 0. The van der Waals surface area contributed by atoms with Gasteiger partial charge in [0.25, 0.3) is 0 Å². The highest BCUT2D eigenvalue weighted by Crippen LogP contribution is 2.61. The number of nitrogens with one attached hydrogen (secondary N) is 1. The highest BCUT2D eigenvalue weighted by atomic mass is 16.5. The van der Waals surface area contributed by atoms with Gasteiger partial charge < -0.3 is 10.1 Å². The van der Waals surface area contributed by atoms with Gasteiger partial charge in [-0.15, -0.1) is 0 Å². The standard InChI is InChI=1S/C26H43NO/c1-4-17(2)13-25-24(27-3)16-26(28-25)12-11-21-19(15-26)14-23-20-8-6-5-7-18(20)9-10-22(21)23/h9,17,19-25,27H,4-8,10-16H2,1-3H3. The first-order chi connectivity index (χ1) is 13.6. The lowest BCUT2D eigenvalue weighted by molar-refractivity contribution is -0.0918. The third-order valence-electron chi connectivity index (χ3n) is 9.87. The van der Waals surface area contributed by atoms with Crippen LogP contribution in [-0.4, -0.2) is 24.8 Å². The normalized spacial score (nSPS) is 48.7. The SMILES string of the molecule is CCC(C)CC1OC2(CCC3C(CC4C5CCCCC5=CCC34)C2)CC1NC. The van der Waals surface area contributed by atoms with E-state index in [1.165, 1.54) is 77.0 Å². The van der Waals surface area contributed by atoms with Crippen LogP contribution < -0.4 is 5.32 Å². The predicted octanol–water partition coefficient (Wildman–Crippen LogP) is 6.11. The van der Waals surface area contributed by atoms with Gasteiger partial charge in [-0.05, 0) is 107 Å². The summed E-state index contributed by atoms with van der Waals surface area (Å²) in [6, 6.07) is 0.570. The highest BCUT2D eigenvalue weighted by molar-refractivity contribution is 5.19. The zero-order valence-corrected chi connectivity index (χ0v) is 18.6. The third-order valence-corrected chi connectivity index (χ3v) is 9.87. The molecule has 4 aliphatic carbocycles. The maximum atomic E-state index is 6.96. The van der Waals surface area contributed by atoms with Crippen molar-refractivity contribution in [3.8, 4) is 0 Å². The minimum absolute atomic E-state index is 0.198. The fourth-order valence-corrected chi connectivity index (χ4v) is 8.31. The van der Waals surface area contributed by atoms with E-state index in [2.05, 4.69) is 32.3 Å². The molecule has 158 valence electrons. The van der Waals surface area contributed by atoms with Gasteiger partial charge in [0.15, 0.2) is 0 Å². The summed E-state index contributed by atoms with van der Waals surface area (Å²) in [6.45, 7) is 4.72. The van der Waals surface area contributed by atoms with Crippen molar-refractivity contribution >= 4 is 0 Å². The van der Waals surface area contributed by atoms with Crippen LogP contribution in [-0.2, 0) is 4.74 Å². The first-order valence-corrected chi connectivity index (χ1v) is 12.7. The molecule has 1 heterocycles. The monoisotopic (exact) mass is 385 g/mol. The van der Waals surface area contributed by atoms with E-state index in [0.29, 0.717) is 12.1 Å². The van der Waals surface area contributed by atoms with Crippen molar-refractivity contribution in [2.75, 3.05) is 7.05 Å². The second-order valence-corrected chi connectivity index (χ2v) is 11.3. The lowest BCUT2D eigenvalue weighted by atomic mass is 9.65. The molecule has 1 aliphatic heterocycles. The molecule has 0 aromatic heterocycles. The van der Waals surface area contributed by atoms with E-state index >= 15 is 0 Å². The third kappa shape index (κ3) is 3.31. The second kappa shape index (κ2) is 7.73. The van der Waals surface area contributed by atoms with Gasteiger partial charge in [-0.2, -0.15) is 0 Å². The quantitative estimate of drug-likeness (QED) is 0.589. The second-order valence-electron chi connectivity index (χ2n) is 11.3. The molecular formula is C26H43NO. The zero-order valence-electron chi connectivity index (χ0n) is 18.6. The Hall–Kier alpha value is -0.340. The van der Waals surface area contributed by atoms with Crippen LogP contribution >= 0.6 is 0 Å². The average molecular weight is 386 g/mol. The van der Waals surface area contributed by atoms with Crippen LogP contribution in [0.5, 0.6) is 0 Å². The lowest BCUT2D eigenvalue weighted by Gasteiger charge is -2.42. The Labute approximate surface area is 173 Å². The van der Waals surface area contributed by atoms with E-state index in [0.717, 1.165) is 35.5 Å². The molecule has 0 aromatic carbocycles. The van der Waals surface area contributed by atoms with E-state index in [-0.39, 0.29) is 5.60 Å². The predicted molar refractivity (Wildman–Crippen MR) is 116 cm³/mol. The summed E-state index contributed by atoms with van der Waals surface area (Å²) in [5.74, 6) is 5.70.